The van der Waals surface area contributed by atoms with E-state index in [1.54, 1.807) is 24.3 Å². The third kappa shape index (κ3) is 29.4. The number of benzene rings is 2. The van der Waals surface area contributed by atoms with E-state index < -0.39 is 23.6 Å². The quantitative estimate of drug-likeness (QED) is 0.355. The molecule has 39 heavy (non-hydrogen) atoms. The van der Waals surface area contributed by atoms with Gasteiger partial charge in [0.15, 0.2) is 6.61 Å². The van der Waals surface area contributed by atoms with Gasteiger partial charge in [-0.15, -0.1) is 0 Å². The molecule has 0 aliphatic rings. The van der Waals surface area contributed by atoms with Crippen LogP contribution in [0.3, 0.4) is 0 Å². The van der Waals surface area contributed by atoms with Gasteiger partial charge in [-0.2, -0.15) is 13.2 Å². The molecule has 0 radical (unpaired) electrons. The highest BCUT2D eigenvalue weighted by Gasteiger charge is 2.29. The fourth-order valence-electron chi connectivity index (χ4n) is 1.97. The van der Waals surface area contributed by atoms with Gasteiger partial charge in [0.2, 0.25) is 5.91 Å². The Bertz CT molecular complexity index is 752. The van der Waals surface area contributed by atoms with E-state index in [1.807, 2.05) is 75.3 Å². The molecule has 0 aromatic heterocycles. The Balaban J connectivity index is -0.000000257. The average molecular weight is 561 g/mol. The van der Waals surface area contributed by atoms with Gasteiger partial charge in [0.05, 0.1) is 12.1 Å². The highest BCUT2D eigenvalue weighted by molar-refractivity contribution is 5.85. The number of carbonyl (C=O) groups excluding carboxylic acids is 2. The van der Waals surface area contributed by atoms with Gasteiger partial charge in [-0.25, -0.2) is 0 Å². The smallest absolute Gasteiger partial charge is 0.416 e. The lowest BCUT2D eigenvalue weighted by Gasteiger charge is -2.09. The van der Waals surface area contributed by atoms with Crippen LogP contribution in [0.2, 0.25) is 0 Å². The molecule has 2 aromatic carbocycles. The van der Waals surface area contributed by atoms with Gasteiger partial charge >= 0.3 is 6.18 Å². The van der Waals surface area contributed by atoms with Crippen LogP contribution in [-0.2, 0) is 22.3 Å². The molecule has 2 N–H and O–H groups in total. The normalized spacial score (nSPS) is 8.49. The summed E-state index contributed by atoms with van der Waals surface area (Å²) in [6, 6.07) is 13.2. The summed E-state index contributed by atoms with van der Waals surface area (Å²) in [7, 11) is 0. The summed E-state index contributed by atoms with van der Waals surface area (Å²) in [6.45, 7) is 23.8. The Hall–Kier alpha value is -3.03. The summed E-state index contributed by atoms with van der Waals surface area (Å²) >= 11 is 0. The van der Waals surface area contributed by atoms with Crippen LogP contribution < -0.4 is 15.4 Å². The van der Waals surface area contributed by atoms with Gasteiger partial charge in [-0.3, -0.25) is 9.59 Å². The lowest BCUT2D eigenvalue weighted by Crippen LogP contribution is -2.38. The van der Waals surface area contributed by atoms with Crippen LogP contribution in [-0.4, -0.2) is 25.0 Å². The second-order valence-electron chi connectivity index (χ2n) is 6.06. The molecule has 0 spiro atoms. The van der Waals surface area contributed by atoms with E-state index in [9.17, 15) is 22.8 Å². The number of rotatable bonds is 7. The van der Waals surface area contributed by atoms with Crippen LogP contribution in [0, 0.1) is 0 Å². The maximum absolute atomic E-state index is 12.5. The zero-order chi connectivity index (χ0) is 31.7. The van der Waals surface area contributed by atoms with Crippen molar-refractivity contribution in [3.8, 4) is 5.75 Å². The van der Waals surface area contributed by atoms with E-state index in [1.165, 1.54) is 18.6 Å². The van der Waals surface area contributed by atoms with Crippen LogP contribution >= 0.6 is 0 Å². The fraction of sp³-hybridized carbons (Fsp3) is 0.548. The topological polar surface area (TPSA) is 67.4 Å². The number of carbonyl (C=O) groups is 2. The standard InChI is InChI=1S/C18H17F3N2O3.C3H8.5C2H6/c19-18(20,21)14-8-6-13(7-9-14)10-22-16(24)11-23-17(25)12-26-15-4-2-1-3-5-15;1-3-2;5*1-2/h1-9H,10-12H2,(H,22,24)(H,23,25);3H2,1-2H3;5*1-2H3. The Morgan fingerprint density at radius 1 is 0.692 bits per heavy atom. The lowest BCUT2D eigenvalue weighted by molar-refractivity contribution is -0.137. The summed E-state index contributed by atoms with van der Waals surface area (Å²) < 4.78 is 42.6. The van der Waals surface area contributed by atoms with Crippen molar-refractivity contribution in [2.45, 2.75) is 102 Å². The number of ether oxygens (including phenoxy) is 1. The molecule has 0 saturated carbocycles. The second-order valence-corrected chi connectivity index (χ2v) is 6.06. The van der Waals surface area contributed by atoms with Crippen molar-refractivity contribution in [2.24, 2.45) is 0 Å². The first kappa shape index (κ1) is 45.9. The fourth-order valence-corrected chi connectivity index (χ4v) is 1.97. The molecule has 228 valence electrons. The number of hydrogen-bond donors (Lipinski definition) is 2. The first-order valence-electron chi connectivity index (χ1n) is 14.1. The summed E-state index contributed by atoms with van der Waals surface area (Å²) in [4.78, 5) is 23.3. The molecule has 0 bridgehead atoms. The molecule has 0 aliphatic heterocycles. The molecule has 0 unspecified atom stereocenters. The van der Waals surface area contributed by atoms with Gasteiger partial charge in [0.1, 0.15) is 5.75 Å². The molecule has 0 heterocycles. The molecule has 0 fully saturated rings. The highest BCUT2D eigenvalue weighted by Crippen LogP contribution is 2.29. The Labute approximate surface area is 236 Å². The van der Waals surface area contributed by atoms with Crippen LogP contribution in [0.1, 0.15) is 101 Å². The largest absolute Gasteiger partial charge is 0.484 e. The monoisotopic (exact) mass is 560 g/mol. The van der Waals surface area contributed by atoms with Gasteiger partial charge in [0, 0.05) is 6.54 Å². The molecule has 5 nitrogen and oxygen atoms in total. The first-order chi connectivity index (χ1) is 18.8. The average Bonchev–Trinajstić information content (AvgIpc) is 3.00. The van der Waals surface area contributed by atoms with Crippen molar-refractivity contribution < 1.29 is 27.5 Å². The van der Waals surface area contributed by atoms with Gasteiger partial charge in [-0.05, 0) is 29.8 Å². The second kappa shape index (κ2) is 35.0. The molecule has 0 saturated heterocycles. The van der Waals surface area contributed by atoms with E-state index in [0.29, 0.717) is 11.3 Å². The first-order valence-corrected chi connectivity index (χ1v) is 14.1. The summed E-state index contributed by atoms with van der Waals surface area (Å²) in [5, 5.41) is 4.90. The molecule has 2 rings (SSSR count). The number of hydrogen-bond acceptors (Lipinski definition) is 3. The Kier molecular flexibility index (Phi) is 41.1. The molecule has 8 heteroatoms. The predicted molar refractivity (Wildman–Crippen MR) is 161 cm³/mol. The third-order valence-electron chi connectivity index (χ3n) is 3.33. The van der Waals surface area contributed by atoms with Gasteiger partial charge in [-0.1, -0.05) is 120 Å². The van der Waals surface area contributed by atoms with Crippen molar-refractivity contribution in [3.05, 3.63) is 65.7 Å². The van der Waals surface area contributed by atoms with Crippen LogP contribution in [0.4, 0.5) is 13.2 Å². The Morgan fingerprint density at radius 3 is 1.54 bits per heavy atom. The molecular weight excluding hydrogens is 505 g/mol. The van der Waals surface area contributed by atoms with E-state index in [4.69, 9.17) is 4.74 Å². The SMILES string of the molecule is CC.CC.CC.CC.CC.CCC.O=C(CNC(=O)COc1ccccc1)NCc1ccc(C(F)(F)F)cc1. The third-order valence-corrected chi connectivity index (χ3v) is 3.33. The molecule has 0 atom stereocenters. The van der Waals surface area contributed by atoms with Crippen molar-refractivity contribution in [3.63, 3.8) is 0 Å². The lowest BCUT2D eigenvalue weighted by atomic mass is 10.1. The van der Waals surface area contributed by atoms with Crippen molar-refractivity contribution in [1.82, 2.24) is 10.6 Å². The van der Waals surface area contributed by atoms with Gasteiger partial charge in [0.25, 0.3) is 5.91 Å². The maximum atomic E-state index is 12.5. The molecule has 2 amide bonds. The van der Waals surface area contributed by atoms with E-state index in [-0.39, 0.29) is 19.7 Å². The summed E-state index contributed by atoms with van der Waals surface area (Å²) in [5.41, 5.74) is -0.233. The number of halogens is 3. The van der Waals surface area contributed by atoms with E-state index in [0.717, 1.165) is 12.1 Å². The van der Waals surface area contributed by atoms with Crippen molar-refractivity contribution in [1.29, 1.82) is 0 Å². The maximum Gasteiger partial charge on any atom is 0.416 e. The van der Waals surface area contributed by atoms with Gasteiger partial charge < -0.3 is 15.4 Å². The van der Waals surface area contributed by atoms with E-state index >= 15 is 0 Å². The number of alkyl halides is 3. The van der Waals surface area contributed by atoms with Crippen LogP contribution in [0.15, 0.2) is 54.6 Å². The Morgan fingerprint density at radius 2 is 1.13 bits per heavy atom. The predicted octanol–water partition coefficient (Wildman–Crippen LogP) is 9.06. The number of nitrogens with one attached hydrogen (secondary N) is 2. The number of amides is 2. The molecular formula is C31H55F3N2O3. The minimum atomic E-state index is -4.39. The summed E-state index contributed by atoms with van der Waals surface area (Å²) in [6.07, 6.45) is -3.14. The zero-order valence-corrected chi connectivity index (χ0v) is 26.4. The molecule has 0 aliphatic carbocycles. The summed E-state index contributed by atoms with van der Waals surface area (Å²) in [5.74, 6) is -0.383. The molecule has 2 aromatic rings. The highest BCUT2D eigenvalue weighted by atomic mass is 19.4. The number of para-hydroxylation sites is 1. The van der Waals surface area contributed by atoms with Crippen molar-refractivity contribution >= 4 is 11.8 Å². The van der Waals surface area contributed by atoms with Crippen LogP contribution in [0.25, 0.3) is 0 Å². The minimum absolute atomic E-state index is 0.0629. The zero-order valence-electron chi connectivity index (χ0n) is 26.4. The minimum Gasteiger partial charge on any atom is -0.484 e. The van der Waals surface area contributed by atoms with Crippen molar-refractivity contribution in [2.75, 3.05) is 13.2 Å². The van der Waals surface area contributed by atoms with E-state index in [2.05, 4.69) is 24.5 Å². The van der Waals surface area contributed by atoms with Crippen LogP contribution in [0.5, 0.6) is 5.75 Å².